The molecule has 0 aliphatic heterocycles. The minimum Gasteiger partial charge on any atom is -0.493 e. The molecule has 0 aliphatic carbocycles. The Labute approximate surface area is 158 Å². The number of hydrogen-bond acceptors (Lipinski definition) is 6. The van der Waals surface area contributed by atoms with Crippen LogP contribution in [-0.2, 0) is 6.54 Å². The Kier molecular flexibility index (Phi) is 9.36. The van der Waals surface area contributed by atoms with Crippen LogP contribution in [0.5, 0.6) is 11.5 Å². The van der Waals surface area contributed by atoms with E-state index >= 15 is 0 Å². The maximum Gasteiger partial charge on any atom is 0.161 e. The molecule has 0 saturated heterocycles. The number of hydrogen-bond donors (Lipinski definition) is 3. The fraction of sp³-hybridized carbons (Fsp3) is 0.700. The van der Waals surface area contributed by atoms with E-state index in [0.717, 1.165) is 5.56 Å². The van der Waals surface area contributed by atoms with E-state index in [4.69, 9.17) is 9.47 Å². The van der Waals surface area contributed by atoms with Crippen LogP contribution >= 0.6 is 0 Å². The summed E-state index contributed by atoms with van der Waals surface area (Å²) in [6.45, 7) is 10.5. The average Bonchev–Trinajstić information content (AvgIpc) is 2.59. The molecular formula is C20H36N2O4. The molecule has 150 valence electrons. The first kappa shape index (κ1) is 22.7. The molecule has 0 unspecified atom stereocenters. The highest BCUT2D eigenvalue weighted by Gasteiger charge is 2.16. The third kappa shape index (κ3) is 7.91. The molecule has 6 heteroatoms. The maximum atomic E-state index is 10.2. The summed E-state index contributed by atoms with van der Waals surface area (Å²) in [6, 6.07) is 6.15. The summed E-state index contributed by atoms with van der Waals surface area (Å²) in [5, 5.41) is 22.8. The molecule has 0 bridgehead atoms. The molecule has 3 N–H and O–H groups in total. The molecule has 0 aromatic heterocycles. The van der Waals surface area contributed by atoms with Crippen molar-refractivity contribution in [1.82, 2.24) is 10.2 Å². The third-order valence-corrected chi connectivity index (χ3v) is 4.40. The van der Waals surface area contributed by atoms with Gasteiger partial charge in [-0.1, -0.05) is 19.9 Å². The van der Waals surface area contributed by atoms with Crippen LogP contribution in [0.4, 0.5) is 0 Å². The van der Waals surface area contributed by atoms with Gasteiger partial charge in [0.2, 0.25) is 0 Å². The van der Waals surface area contributed by atoms with Crippen LogP contribution in [0, 0.1) is 5.41 Å². The number of benzene rings is 1. The lowest BCUT2D eigenvalue weighted by Crippen LogP contribution is -2.37. The molecular weight excluding hydrogens is 332 g/mol. The minimum atomic E-state index is -0.570. The molecule has 1 aromatic carbocycles. The van der Waals surface area contributed by atoms with Crippen molar-refractivity contribution < 1.29 is 19.7 Å². The van der Waals surface area contributed by atoms with E-state index in [1.54, 1.807) is 7.11 Å². The molecule has 0 fully saturated rings. The quantitative estimate of drug-likeness (QED) is 0.523. The number of likely N-dealkylation sites (N-methyl/N-ethyl adjacent to an activating group) is 1. The number of methoxy groups -OCH3 is 1. The van der Waals surface area contributed by atoms with Crippen LogP contribution in [-0.4, -0.2) is 67.7 Å². The van der Waals surface area contributed by atoms with E-state index in [-0.39, 0.29) is 18.6 Å². The molecule has 6 nitrogen and oxygen atoms in total. The molecule has 0 amide bonds. The number of nitrogens with one attached hydrogen (secondary N) is 1. The van der Waals surface area contributed by atoms with Gasteiger partial charge in [-0.2, -0.15) is 0 Å². The summed E-state index contributed by atoms with van der Waals surface area (Å²) in [5.41, 5.74) is 0.904. The summed E-state index contributed by atoms with van der Waals surface area (Å²) < 4.78 is 11.2. The van der Waals surface area contributed by atoms with E-state index in [1.807, 2.05) is 39.1 Å². The Balaban J connectivity index is 2.63. The van der Waals surface area contributed by atoms with Crippen LogP contribution < -0.4 is 14.8 Å². The van der Waals surface area contributed by atoms with Crippen molar-refractivity contribution in [2.24, 2.45) is 5.41 Å². The van der Waals surface area contributed by atoms with Crippen molar-refractivity contribution >= 4 is 0 Å². The van der Waals surface area contributed by atoms with Crippen molar-refractivity contribution in [3.8, 4) is 11.5 Å². The lowest BCUT2D eigenvalue weighted by molar-refractivity contribution is 0.0668. The first-order chi connectivity index (χ1) is 12.2. The lowest BCUT2D eigenvalue weighted by Gasteiger charge is -2.24. The van der Waals surface area contributed by atoms with Crippen molar-refractivity contribution in [3.63, 3.8) is 0 Å². The Hall–Kier alpha value is -1.34. The van der Waals surface area contributed by atoms with E-state index in [9.17, 15) is 10.2 Å². The second-order valence-electron chi connectivity index (χ2n) is 7.91. The van der Waals surface area contributed by atoms with Gasteiger partial charge in [-0.05, 0) is 38.6 Å². The van der Waals surface area contributed by atoms with E-state index in [2.05, 4.69) is 24.1 Å². The summed E-state index contributed by atoms with van der Waals surface area (Å²) in [7, 11) is 3.58. The van der Waals surface area contributed by atoms with Gasteiger partial charge in [0, 0.05) is 37.7 Å². The molecule has 1 atom stereocenters. The normalized spacial score (nSPS) is 13.3. The Morgan fingerprint density at radius 2 is 1.92 bits per heavy atom. The van der Waals surface area contributed by atoms with Crippen LogP contribution in [0.3, 0.4) is 0 Å². The number of nitrogens with zero attached hydrogens (tertiary/aromatic N) is 1. The molecule has 0 radical (unpaired) electrons. The van der Waals surface area contributed by atoms with E-state index < -0.39 is 6.10 Å². The van der Waals surface area contributed by atoms with Gasteiger partial charge in [0.1, 0.15) is 12.7 Å². The Morgan fingerprint density at radius 1 is 1.23 bits per heavy atom. The summed E-state index contributed by atoms with van der Waals surface area (Å²) in [4.78, 5) is 2.08. The molecule has 0 aliphatic rings. The van der Waals surface area contributed by atoms with Crippen molar-refractivity contribution in [2.75, 3.05) is 40.5 Å². The summed E-state index contributed by atoms with van der Waals surface area (Å²) >= 11 is 0. The molecule has 0 saturated carbocycles. The second-order valence-corrected chi connectivity index (χ2v) is 7.91. The largest absolute Gasteiger partial charge is 0.493 e. The monoisotopic (exact) mass is 368 g/mol. The van der Waals surface area contributed by atoms with Crippen LogP contribution in [0.25, 0.3) is 0 Å². The van der Waals surface area contributed by atoms with Gasteiger partial charge in [0.15, 0.2) is 11.5 Å². The van der Waals surface area contributed by atoms with Crippen LogP contribution in [0.15, 0.2) is 18.2 Å². The second kappa shape index (κ2) is 10.7. The van der Waals surface area contributed by atoms with Gasteiger partial charge in [-0.15, -0.1) is 0 Å². The highest BCUT2D eigenvalue weighted by atomic mass is 16.5. The number of ether oxygens (including phenoxy) is 2. The van der Waals surface area contributed by atoms with Crippen LogP contribution in [0.2, 0.25) is 0 Å². The predicted octanol–water partition coefficient (Wildman–Crippen LogP) is 1.88. The van der Waals surface area contributed by atoms with Gasteiger partial charge in [0.05, 0.1) is 7.11 Å². The molecule has 1 rings (SSSR count). The average molecular weight is 369 g/mol. The SMILES string of the molecule is COc1ccc(CNCC(C)(C)CO)cc1OC[C@H](O)CN(C)C(C)C. The number of rotatable bonds is 12. The highest BCUT2D eigenvalue weighted by molar-refractivity contribution is 5.43. The van der Waals surface area contributed by atoms with Gasteiger partial charge in [-0.25, -0.2) is 0 Å². The van der Waals surface area contributed by atoms with E-state index in [1.165, 1.54) is 0 Å². The third-order valence-electron chi connectivity index (χ3n) is 4.40. The summed E-state index contributed by atoms with van der Waals surface area (Å²) in [6.07, 6.45) is -0.570. The number of aliphatic hydroxyl groups excluding tert-OH is 2. The maximum absolute atomic E-state index is 10.2. The zero-order valence-electron chi connectivity index (χ0n) is 17.1. The minimum absolute atomic E-state index is 0.139. The molecule has 0 heterocycles. The lowest BCUT2D eigenvalue weighted by atomic mass is 9.95. The molecule has 1 aromatic rings. The first-order valence-electron chi connectivity index (χ1n) is 9.18. The fourth-order valence-corrected chi connectivity index (χ4v) is 2.33. The topological polar surface area (TPSA) is 74.2 Å². The number of aliphatic hydroxyl groups is 2. The standard InChI is InChI=1S/C20H36N2O4/c1-15(2)22(5)11-17(24)12-26-19-9-16(7-8-18(19)25-6)10-21-13-20(3,4)14-23/h7-9,15,17,21,23-24H,10-14H2,1-6H3/t17-/m1/s1. The predicted molar refractivity (Wildman–Crippen MR) is 105 cm³/mol. The molecule has 0 spiro atoms. The van der Waals surface area contributed by atoms with Gasteiger partial charge in [-0.3, -0.25) is 0 Å². The fourth-order valence-electron chi connectivity index (χ4n) is 2.33. The van der Waals surface area contributed by atoms with Gasteiger partial charge >= 0.3 is 0 Å². The van der Waals surface area contributed by atoms with Crippen molar-refractivity contribution in [3.05, 3.63) is 23.8 Å². The van der Waals surface area contributed by atoms with Gasteiger partial charge in [0.25, 0.3) is 0 Å². The molecule has 26 heavy (non-hydrogen) atoms. The Bertz CT molecular complexity index is 535. The first-order valence-corrected chi connectivity index (χ1v) is 9.18. The zero-order chi connectivity index (χ0) is 19.7. The summed E-state index contributed by atoms with van der Waals surface area (Å²) in [5.74, 6) is 1.27. The van der Waals surface area contributed by atoms with Crippen LogP contribution in [0.1, 0.15) is 33.3 Å². The smallest absolute Gasteiger partial charge is 0.161 e. The Morgan fingerprint density at radius 3 is 2.50 bits per heavy atom. The van der Waals surface area contributed by atoms with Crippen molar-refractivity contribution in [2.45, 2.75) is 46.4 Å². The zero-order valence-corrected chi connectivity index (χ0v) is 17.1. The van der Waals surface area contributed by atoms with Crippen molar-refractivity contribution in [1.29, 1.82) is 0 Å². The van der Waals surface area contributed by atoms with E-state index in [0.29, 0.717) is 37.2 Å². The van der Waals surface area contributed by atoms with Gasteiger partial charge < -0.3 is 29.9 Å². The highest BCUT2D eigenvalue weighted by Crippen LogP contribution is 2.28.